The summed E-state index contributed by atoms with van der Waals surface area (Å²) in [4.78, 5) is 15.4. The van der Waals surface area contributed by atoms with Gasteiger partial charge in [-0.3, -0.25) is 0 Å². The van der Waals surface area contributed by atoms with E-state index >= 15 is 0 Å². The Labute approximate surface area is 113 Å². The van der Waals surface area contributed by atoms with E-state index in [0.29, 0.717) is 17.2 Å². The third-order valence-electron chi connectivity index (χ3n) is 2.37. The number of thiazole rings is 1. The molecule has 0 atom stereocenters. The first kappa shape index (κ1) is 13.0. The molecule has 5 nitrogen and oxygen atoms in total. The van der Waals surface area contributed by atoms with Gasteiger partial charge in [0.2, 0.25) is 0 Å². The summed E-state index contributed by atoms with van der Waals surface area (Å²) in [7, 11) is 0. The number of aromatic carboxylic acids is 1. The van der Waals surface area contributed by atoms with E-state index in [-0.39, 0.29) is 5.56 Å². The first-order chi connectivity index (χ1) is 8.58. The van der Waals surface area contributed by atoms with Gasteiger partial charge in [-0.1, -0.05) is 0 Å². The zero-order valence-electron chi connectivity index (χ0n) is 10.1. The van der Waals surface area contributed by atoms with E-state index in [4.69, 9.17) is 5.11 Å². The summed E-state index contributed by atoms with van der Waals surface area (Å²) < 4.78 is 4.05. The van der Waals surface area contributed by atoms with Crippen LogP contribution in [0.1, 0.15) is 26.8 Å². The SMILES string of the molecule is Cc1csc(CCNc2snc(C)c2C(=O)O)n1. The van der Waals surface area contributed by atoms with Gasteiger partial charge in [0.25, 0.3) is 0 Å². The van der Waals surface area contributed by atoms with E-state index in [2.05, 4.69) is 14.7 Å². The molecule has 0 aliphatic rings. The Morgan fingerprint density at radius 2 is 2.28 bits per heavy atom. The molecule has 0 unspecified atom stereocenters. The maximum atomic E-state index is 11.1. The van der Waals surface area contributed by atoms with Gasteiger partial charge in [-0.25, -0.2) is 9.78 Å². The predicted molar refractivity (Wildman–Crippen MR) is 72.9 cm³/mol. The van der Waals surface area contributed by atoms with Crippen LogP contribution in [0.25, 0.3) is 0 Å². The minimum atomic E-state index is -0.936. The van der Waals surface area contributed by atoms with E-state index in [1.807, 2.05) is 12.3 Å². The van der Waals surface area contributed by atoms with E-state index in [0.717, 1.165) is 17.1 Å². The fourth-order valence-corrected chi connectivity index (χ4v) is 3.13. The molecule has 18 heavy (non-hydrogen) atoms. The number of nitrogens with one attached hydrogen (secondary N) is 1. The predicted octanol–water partition coefficient (Wildman–Crippen LogP) is 2.57. The second-order valence-corrected chi connectivity index (χ2v) is 5.55. The van der Waals surface area contributed by atoms with Gasteiger partial charge in [-0.2, -0.15) is 4.37 Å². The van der Waals surface area contributed by atoms with Crippen LogP contribution in [-0.4, -0.2) is 27.0 Å². The van der Waals surface area contributed by atoms with Gasteiger partial charge in [-0.05, 0) is 25.4 Å². The minimum Gasteiger partial charge on any atom is -0.478 e. The van der Waals surface area contributed by atoms with Crippen molar-refractivity contribution in [2.24, 2.45) is 0 Å². The second-order valence-electron chi connectivity index (χ2n) is 3.84. The molecule has 0 aliphatic heterocycles. The molecule has 96 valence electrons. The van der Waals surface area contributed by atoms with Crippen LogP contribution >= 0.6 is 22.9 Å². The van der Waals surface area contributed by atoms with Gasteiger partial charge in [-0.15, -0.1) is 11.3 Å². The van der Waals surface area contributed by atoms with Crippen molar-refractivity contribution < 1.29 is 9.90 Å². The maximum Gasteiger partial charge on any atom is 0.340 e. The zero-order chi connectivity index (χ0) is 13.1. The highest BCUT2D eigenvalue weighted by Gasteiger charge is 2.16. The van der Waals surface area contributed by atoms with Crippen LogP contribution in [0.5, 0.6) is 0 Å². The molecular formula is C11H13N3O2S2. The normalized spacial score (nSPS) is 10.6. The summed E-state index contributed by atoms with van der Waals surface area (Å²) >= 11 is 2.81. The summed E-state index contributed by atoms with van der Waals surface area (Å²) in [5, 5.41) is 15.9. The fourth-order valence-electron chi connectivity index (χ4n) is 1.54. The molecule has 0 amide bonds. The van der Waals surface area contributed by atoms with Crippen LogP contribution in [-0.2, 0) is 6.42 Å². The topological polar surface area (TPSA) is 75.1 Å². The average Bonchev–Trinajstić information content (AvgIpc) is 2.86. The highest BCUT2D eigenvalue weighted by Crippen LogP contribution is 2.24. The highest BCUT2D eigenvalue weighted by molar-refractivity contribution is 7.10. The van der Waals surface area contributed by atoms with Crippen LogP contribution in [0.2, 0.25) is 0 Å². The number of hydrogen-bond acceptors (Lipinski definition) is 6. The van der Waals surface area contributed by atoms with Crippen LogP contribution in [0.3, 0.4) is 0 Å². The first-order valence-corrected chi connectivity index (χ1v) is 7.07. The molecule has 0 spiro atoms. The monoisotopic (exact) mass is 283 g/mol. The van der Waals surface area contributed by atoms with Crippen molar-refractivity contribution in [2.75, 3.05) is 11.9 Å². The van der Waals surface area contributed by atoms with E-state index in [9.17, 15) is 4.79 Å². The molecule has 0 fully saturated rings. The molecule has 0 saturated carbocycles. The number of anilines is 1. The lowest BCUT2D eigenvalue weighted by Crippen LogP contribution is -2.08. The van der Waals surface area contributed by atoms with E-state index in [1.54, 1.807) is 18.3 Å². The molecule has 2 aromatic rings. The molecule has 0 saturated heterocycles. The molecule has 2 rings (SSSR count). The van der Waals surface area contributed by atoms with E-state index < -0.39 is 5.97 Å². The number of aromatic nitrogens is 2. The van der Waals surface area contributed by atoms with Gasteiger partial charge in [0.05, 0.1) is 10.7 Å². The van der Waals surface area contributed by atoms with Crippen molar-refractivity contribution in [1.29, 1.82) is 0 Å². The number of nitrogens with zero attached hydrogens (tertiary/aromatic N) is 2. The van der Waals surface area contributed by atoms with Crippen molar-refractivity contribution in [3.63, 3.8) is 0 Å². The number of carboxylic acids is 1. The zero-order valence-corrected chi connectivity index (χ0v) is 11.7. The minimum absolute atomic E-state index is 0.273. The summed E-state index contributed by atoms with van der Waals surface area (Å²) in [5.41, 5.74) is 1.85. The van der Waals surface area contributed by atoms with Crippen molar-refractivity contribution in [2.45, 2.75) is 20.3 Å². The van der Waals surface area contributed by atoms with Crippen molar-refractivity contribution >= 4 is 33.8 Å². The van der Waals surface area contributed by atoms with Crippen molar-refractivity contribution in [3.05, 3.63) is 27.3 Å². The van der Waals surface area contributed by atoms with Gasteiger partial charge < -0.3 is 10.4 Å². The largest absolute Gasteiger partial charge is 0.478 e. The summed E-state index contributed by atoms with van der Waals surface area (Å²) in [6, 6.07) is 0. The Morgan fingerprint density at radius 3 is 2.89 bits per heavy atom. The Hall–Kier alpha value is -1.47. The third kappa shape index (κ3) is 2.85. The van der Waals surface area contributed by atoms with Gasteiger partial charge in [0.1, 0.15) is 10.6 Å². The van der Waals surface area contributed by atoms with Gasteiger partial charge in [0.15, 0.2) is 0 Å². The van der Waals surface area contributed by atoms with Gasteiger partial charge in [0, 0.05) is 24.0 Å². The average molecular weight is 283 g/mol. The fraction of sp³-hybridized carbons (Fsp3) is 0.364. The number of hydrogen-bond donors (Lipinski definition) is 2. The molecule has 2 aromatic heterocycles. The number of carboxylic acid groups (broad SMARTS) is 1. The highest BCUT2D eigenvalue weighted by atomic mass is 32.1. The van der Waals surface area contributed by atoms with E-state index in [1.165, 1.54) is 11.5 Å². The number of aryl methyl sites for hydroxylation is 2. The Kier molecular flexibility index (Phi) is 3.93. The molecule has 0 bridgehead atoms. The summed E-state index contributed by atoms with van der Waals surface area (Å²) in [6.45, 7) is 4.33. The quantitative estimate of drug-likeness (QED) is 0.882. The second kappa shape index (κ2) is 5.45. The van der Waals surface area contributed by atoms with Crippen molar-refractivity contribution in [3.8, 4) is 0 Å². The molecular weight excluding hydrogens is 270 g/mol. The number of carbonyl (C=O) groups is 1. The first-order valence-electron chi connectivity index (χ1n) is 5.42. The Morgan fingerprint density at radius 1 is 1.50 bits per heavy atom. The smallest absolute Gasteiger partial charge is 0.340 e. The molecule has 7 heteroatoms. The van der Waals surface area contributed by atoms with Crippen LogP contribution < -0.4 is 5.32 Å². The van der Waals surface area contributed by atoms with Crippen LogP contribution in [0.15, 0.2) is 5.38 Å². The van der Waals surface area contributed by atoms with Crippen LogP contribution in [0, 0.1) is 13.8 Å². The summed E-state index contributed by atoms with van der Waals surface area (Å²) in [5.74, 6) is -0.936. The van der Waals surface area contributed by atoms with Crippen molar-refractivity contribution in [1.82, 2.24) is 9.36 Å². The molecule has 0 radical (unpaired) electrons. The number of rotatable bonds is 5. The third-order valence-corrected chi connectivity index (χ3v) is 4.29. The Bertz CT molecular complexity index is 562. The lowest BCUT2D eigenvalue weighted by atomic mass is 10.2. The lowest BCUT2D eigenvalue weighted by molar-refractivity contribution is 0.0697. The molecule has 2 heterocycles. The van der Waals surface area contributed by atoms with Gasteiger partial charge >= 0.3 is 5.97 Å². The lowest BCUT2D eigenvalue weighted by Gasteiger charge is -2.03. The van der Waals surface area contributed by atoms with Crippen LogP contribution in [0.4, 0.5) is 5.00 Å². The summed E-state index contributed by atoms with van der Waals surface area (Å²) in [6.07, 6.45) is 0.786. The Balaban J connectivity index is 1.96. The maximum absolute atomic E-state index is 11.1. The molecule has 0 aromatic carbocycles. The molecule has 0 aliphatic carbocycles. The molecule has 2 N–H and O–H groups in total. The standard InChI is InChI=1S/C11H13N3O2S2/c1-6-5-17-8(13-6)3-4-12-10-9(11(15)16)7(2)14-18-10/h5,12H,3-4H2,1-2H3,(H,15,16).